The summed E-state index contributed by atoms with van der Waals surface area (Å²) in [5, 5.41) is 40.7. The van der Waals surface area contributed by atoms with Crippen molar-refractivity contribution in [3.8, 4) is 0 Å². The van der Waals surface area contributed by atoms with Crippen molar-refractivity contribution < 1.29 is 53.4 Å². The molecule has 0 radical (unpaired) electrons. The van der Waals surface area contributed by atoms with Gasteiger partial charge in [0.05, 0.1) is 12.6 Å². The lowest BCUT2D eigenvalue weighted by molar-refractivity contribution is -0.143. The number of aliphatic carboxylic acids is 1. The van der Waals surface area contributed by atoms with Crippen molar-refractivity contribution in [1.82, 2.24) is 42.5 Å². The molecule has 0 heterocycles. The highest BCUT2D eigenvalue weighted by Gasteiger charge is 2.35. The van der Waals surface area contributed by atoms with Crippen molar-refractivity contribution in [3.63, 3.8) is 0 Å². The maximum Gasteiger partial charge on any atom is 0.326 e. The maximum absolute atomic E-state index is 14.5. The molecule has 10 atom stereocenters. The number of rotatable bonds is 38. The number of nitrogens with two attached hydrogens (primary N) is 4. The molecule has 1 aromatic carbocycles. The first-order chi connectivity index (χ1) is 35.9. The summed E-state index contributed by atoms with van der Waals surface area (Å²) in [4.78, 5) is 127. The normalized spacial score (nSPS) is 15.2. The Kier molecular flexibility index (Phi) is 33.4. The highest BCUT2D eigenvalue weighted by molar-refractivity contribution is 7.98. The molecule has 0 saturated heterocycles. The van der Waals surface area contributed by atoms with E-state index in [0.717, 1.165) is 0 Å². The Morgan fingerprint density at radius 2 is 1.04 bits per heavy atom. The van der Waals surface area contributed by atoms with Crippen molar-refractivity contribution in [2.45, 2.75) is 160 Å². The van der Waals surface area contributed by atoms with Crippen molar-refractivity contribution >= 4 is 83.6 Å². The maximum atomic E-state index is 14.5. The van der Waals surface area contributed by atoms with Crippen molar-refractivity contribution in [2.75, 3.05) is 37.5 Å². The summed E-state index contributed by atoms with van der Waals surface area (Å²) in [5.41, 5.74) is 23.4. The summed E-state index contributed by atoms with van der Waals surface area (Å²) in [6.07, 6.45) is 3.79. The molecule has 26 heteroatoms. The third-order valence-corrected chi connectivity index (χ3v) is 13.2. The van der Waals surface area contributed by atoms with Crippen LogP contribution in [0.4, 0.5) is 0 Å². The van der Waals surface area contributed by atoms with E-state index >= 15 is 0 Å². The number of carboxylic acids is 1. The summed E-state index contributed by atoms with van der Waals surface area (Å²) < 4.78 is 0. The lowest BCUT2D eigenvalue weighted by Crippen LogP contribution is -2.61. The molecule has 0 aromatic heterocycles. The number of carbonyl (C=O) groups is 9. The van der Waals surface area contributed by atoms with Crippen LogP contribution in [0.1, 0.15) is 105 Å². The fourth-order valence-electron chi connectivity index (χ4n) is 7.57. The predicted octanol–water partition coefficient (Wildman–Crippen LogP) is -1.48. The second-order valence-electron chi connectivity index (χ2n) is 19.6. The van der Waals surface area contributed by atoms with Crippen LogP contribution in [0, 0.1) is 17.8 Å². The van der Waals surface area contributed by atoms with Crippen LogP contribution in [-0.2, 0) is 49.6 Å². The molecule has 0 unspecified atom stereocenters. The Bertz CT molecular complexity index is 2030. The minimum atomic E-state index is -1.59. The number of aliphatic hydroxyl groups is 1. The standard InChI is InChI=1S/C50H87N13O11S2/c1-8-30(6)40(52)48(72)57-33(19-22-76-7)42(66)63-39(27-75)47(71)60-35(23-28(2)3)43(67)56-32(18-14-21-55-50(53)54)41(65)61-37(25-31-15-10-9-11-16-31)45(69)59-36(24-29(4)5)44(68)62-38(26-64)46(70)58-34(49(73)74)17-12-13-20-51/h9-11,15-16,28-30,32-40,64,75H,8,12-14,17-27,51-52H2,1-7H3,(H,56,67)(H,57,72)(H,58,70)(H,59,69)(H,60,71)(H,61,65)(H,62,68)(H,63,66)(H,73,74)(H4,53,54,55)/t30-,32-,33-,34-,35-,36-,37-,38-,39-,40-/m0/s1. The van der Waals surface area contributed by atoms with Gasteiger partial charge in [0, 0.05) is 18.7 Å². The number of aliphatic imine (C=N–C) groups is 1. The fraction of sp³-hybridized carbons (Fsp3) is 0.680. The van der Waals surface area contributed by atoms with Crippen LogP contribution in [0.2, 0.25) is 0 Å². The van der Waals surface area contributed by atoms with Gasteiger partial charge in [-0.15, -0.1) is 0 Å². The van der Waals surface area contributed by atoms with Gasteiger partial charge in [0.1, 0.15) is 48.3 Å². The van der Waals surface area contributed by atoms with E-state index in [1.807, 2.05) is 34.0 Å². The summed E-state index contributed by atoms with van der Waals surface area (Å²) in [6, 6.07) is -2.75. The second-order valence-corrected chi connectivity index (χ2v) is 20.9. The number of nitrogens with zero attached hydrogens (tertiary/aromatic N) is 1. The highest BCUT2D eigenvalue weighted by atomic mass is 32.2. The first-order valence-corrected chi connectivity index (χ1v) is 27.9. The molecule has 0 aliphatic rings. The van der Waals surface area contributed by atoms with E-state index < -0.39 is 114 Å². The van der Waals surface area contributed by atoms with Crippen LogP contribution in [0.15, 0.2) is 35.3 Å². The molecule has 1 rings (SSSR count). The number of benzene rings is 1. The molecule has 0 aliphatic heterocycles. The Morgan fingerprint density at radius 3 is 1.53 bits per heavy atom. The molecule has 24 nitrogen and oxygen atoms in total. The molecular formula is C50H87N13O11S2. The van der Waals surface area contributed by atoms with Crippen LogP contribution in [0.3, 0.4) is 0 Å². The van der Waals surface area contributed by atoms with Gasteiger partial charge >= 0.3 is 5.97 Å². The average Bonchev–Trinajstić information content (AvgIpc) is 3.37. The topological polar surface area (TPSA) is 407 Å². The minimum Gasteiger partial charge on any atom is -0.480 e. The van der Waals surface area contributed by atoms with Crippen molar-refractivity contribution in [1.29, 1.82) is 0 Å². The molecule has 1 aromatic rings. The second kappa shape index (κ2) is 37.1. The molecule has 76 heavy (non-hydrogen) atoms. The highest BCUT2D eigenvalue weighted by Crippen LogP contribution is 2.13. The number of carbonyl (C=O) groups excluding carboxylic acids is 8. The van der Waals surface area contributed by atoms with E-state index in [1.165, 1.54) is 11.8 Å². The van der Waals surface area contributed by atoms with Crippen LogP contribution in [0.25, 0.3) is 0 Å². The van der Waals surface area contributed by atoms with Gasteiger partial charge in [-0.3, -0.25) is 43.3 Å². The third-order valence-electron chi connectivity index (χ3n) is 12.2. The van der Waals surface area contributed by atoms with Gasteiger partial charge in [-0.05, 0) is 93.2 Å². The van der Waals surface area contributed by atoms with E-state index in [2.05, 4.69) is 60.2 Å². The number of amides is 8. The number of thiol groups is 1. The lowest BCUT2D eigenvalue weighted by Gasteiger charge is -2.28. The Balaban J connectivity index is 3.55. The van der Waals surface area contributed by atoms with Gasteiger partial charge in [0.25, 0.3) is 0 Å². The summed E-state index contributed by atoms with van der Waals surface area (Å²) in [6.45, 7) is 10.4. The summed E-state index contributed by atoms with van der Waals surface area (Å²) >= 11 is 5.77. The molecule has 18 N–H and O–H groups in total. The summed E-state index contributed by atoms with van der Waals surface area (Å²) in [5.74, 6) is -7.96. The number of thioether (sulfide) groups is 1. The zero-order valence-corrected chi connectivity index (χ0v) is 46.8. The lowest BCUT2D eigenvalue weighted by atomic mass is 9.99. The Labute approximate surface area is 456 Å². The number of hydrogen-bond acceptors (Lipinski definition) is 15. The van der Waals surface area contributed by atoms with E-state index in [1.54, 1.807) is 44.2 Å². The molecule has 430 valence electrons. The van der Waals surface area contributed by atoms with Crippen LogP contribution in [0.5, 0.6) is 0 Å². The van der Waals surface area contributed by atoms with Crippen LogP contribution in [-0.4, -0.2) is 161 Å². The molecule has 0 bridgehead atoms. The van der Waals surface area contributed by atoms with Crippen molar-refractivity contribution in [3.05, 3.63) is 35.9 Å². The third kappa shape index (κ3) is 26.4. The number of nitrogens with one attached hydrogen (secondary N) is 8. The smallest absolute Gasteiger partial charge is 0.326 e. The minimum absolute atomic E-state index is 0.0344. The van der Waals surface area contributed by atoms with Gasteiger partial charge in [0.15, 0.2) is 5.96 Å². The van der Waals surface area contributed by atoms with Gasteiger partial charge in [-0.25, -0.2) is 4.79 Å². The van der Waals surface area contributed by atoms with E-state index in [-0.39, 0.29) is 81.0 Å². The van der Waals surface area contributed by atoms with Crippen LogP contribution < -0.4 is 65.5 Å². The zero-order chi connectivity index (χ0) is 57.5. The molecule has 0 aliphatic carbocycles. The molecule has 0 fully saturated rings. The first-order valence-electron chi connectivity index (χ1n) is 25.8. The summed E-state index contributed by atoms with van der Waals surface area (Å²) in [7, 11) is 0. The number of hydrogen-bond donors (Lipinski definition) is 15. The number of aliphatic hydroxyl groups excluding tert-OH is 1. The number of guanidine groups is 1. The molecule has 0 saturated carbocycles. The SMILES string of the molecule is CC[C@H](C)[C@H](N)C(=O)N[C@@H](CCSC)C(=O)N[C@@H](CS)C(=O)N[C@@H](CC(C)C)C(=O)N[C@@H](CCCN=C(N)N)C(=O)N[C@@H](Cc1ccccc1)C(=O)N[C@@H](CC(C)C)C(=O)N[C@@H](CO)C(=O)N[C@@H](CCCCN)C(=O)O. The van der Waals surface area contributed by atoms with Crippen LogP contribution >= 0.6 is 24.4 Å². The fourth-order valence-corrected chi connectivity index (χ4v) is 8.30. The van der Waals surface area contributed by atoms with Gasteiger partial charge in [0.2, 0.25) is 47.3 Å². The zero-order valence-electron chi connectivity index (χ0n) is 45.1. The first kappa shape index (κ1) is 68.3. The van der Waals surface area contributed by atoms with E-state index in [9.17, 15) is 53.4 Å². The van der Waals surface area contributed by atoms with Gasteiger partial charge in [-0.1, -0.05) is 78.3 Å². The Hall–Kier alpha value is -5.70. The molecule has 0 spiro atoms. The van der Waals surface area contributed by atoms with Gasteiger partial charge in [-0.2, -0.15) is 24.4 Å². The van der Waals surface area contributed by atoms with Gasteiger partial charge < -0.3 is 75.7 Å². The Morgan fingerprint density at radius 1 is 0.605 bits per heavy atom. The monoisotopic (exact) mass is 1110 g/mol. The average molecular weight is 1110 g/mol. The predicted molar refractivity (Wildman–Crippen MR) is 296 cm³/mol. The van der Waals surface area contributed by atoms with E-state index in [4.69, 9.17) is 22.9 Å². The van der Waals surface area contributed by atoms with Crippen molar-refractivity contribution in [2.24, 2.45) is 45.7 Å². The largest absolute Gasteiger partial charge is 0.480 e. The molecule has 8 amide bonds. The molecular weight excluding hydrogens is 1020 g/mol. The van der Waals surface area contributed by atoms with E-state index in [0.29, 0.717) is 37.1 Å². The number of carboxylic acid groups (broad SMARTS) is 1. The quantitative estimate of drug-likeness (QED) is 0.0155. The number of unbranched alkanes of at least 4 members (excludes halogenated alkanes) is 1.